The van der Waals surface area contributed by atoms with Gasteiger partial charge in [-0.15, -0.1) is 6.58 Å². The van der Waals surface area contributed by atoms with E-state index in [0.29, 0.717) is 32.7 Å². The van der Waals surface area contributed by atoms with Crippen LogP contribution in [0.5, 0.6) is 0 Å². The number of piperazine rings is 1. The third-order valence-corrected chi connectivity index (χ3v) is 5.72. The Labute approximate surface area is 197 Å². The van der Waals surface area contributed by atoms with E-state index in [1.54, 1.807) is 4.90 Å². The zero-order valence-electron chi connectivity index (χ0n) is 19.9. The Bertz CT molecular complexity index is 917. The lowest BCUT2D eigenvalue weighted by atomic mass is 9.89. The second-order valence-electron chi connectivity index (χ2n) is 9.32. The third kappa shape index (κ3) is 6.93. The van der Waals surface area contributed by atoms with Gasteiger partial charge in [-0.1, -0.05) is 66.7 Å². The number of rotatable bonds is 7. The molecule has 3 rings (SSSR count). The molecule has 1 aliphatic rings. The fourth-order valence-corrected chi connectivity index (χ4v) is 4.08. The number of nitrogens with zero attached hydrogens (tertiary/aromatic N) is 2. The molecule has 1 aliphatic heterocycles. The van der Waals surface area contributed by atoms with Crippen molar-refractivity contribution in [2.75, 3.05) is 26.2 Å². The van der Waals surface area contributed by atoms with E-state index in [9.17, 15) is 9.59 Å². The summed E-state index contributed by atoms with van der Waals surface area (Å²) < 4.78 is 5.52. The number of carbonyl (C=O) groups is 2. The molecule has 1 heterocycles. The number of ether oxygens (including phenoxy) is 1. The van der Waals surface area contributed by atoms with E-state index in [0.717, 1.165) is 11.1 Å². The van der Waals surface area contributed by atoms with Gasteiger partial charge in [0, 0.05) is 38.6 Å². The Kier molecular flexibility index (Phi) is 8.28. The minimum absolute atomic E-state index is 0.0432. The van der Waals surface area contributed by atoms with Crippen molar-refractivity contribution >= 4 is 12.0 Å². The standard InChI is InChI=1S/C27H35N3O3/c1-5-23(22-14-10-7-11-15-22)24(25(31)28-20-21-12-8-6-9-13-21)29-16-18-30(19-17-29)26(32)33-27(2,3)4/h5-15,23-24H,1,16-20H2,2-4H3,(H,28,31)/t23-,24+/m1/s1. The number of nitrogens with one attached hydrogen (secondary N) is 1. The molecule has 0 aliphatic carbocycles. The van der Waals surface area contributed by atoms with E-state index in [-0.39, 0.29) is 17.9 Å². The molecule has 176 valence electrons. The van der Waals surface area contributed by atoms with Crippen molar-refractivity contribution in [1.29, 1.82) is 0 Å². The van der Waals surface area contributed by atoms with E-state index >= 15 is 0 Å². The maximum absolute atomic E-state index is 13.5. The topological polar surface area (TPSA) is 61.9 Å². The third-order valence-electron chi connectivity index (χ3n) is 5.72. The molecule has 2 atom stereocenters. The summed E-state index contributed by atoms with van der Waals surface area (Å²) in [4.78, 5) is 29.8. The number of hydrogen-bond acceptors (Lipinski definition) is 4. The lowest BCUT2D eigenvalue weighted by molar-refractivity contribution is -0.127. The maximum atomic E-state index is 13.5. The van der Waals surface area contributed by atoms with E-state index in [2.05, 4.69) is 16.8 Å². The van der Waals surface area contributed by atoms with Crippen molar-refractivity contribution in [3.05, 3.63) is 84.4 Å². The van der Waals surface area contributed by atoms with Gasteiger partial charge in [0.1, 0.15) is 5.60 Å². The first-order valence-corrected chi connectivity index (χ1v) is 11.5. The monoisotopic (exact) mass is 449 g/mol. The van der Waals surface area contributed by atoms with Gasteiger partial charge in [-0.05, 0) is 31.9 Å². The first kappa shape index (κ1) is 24.5. The zero-order chi connectivity index (χ0) is 23.8. The summed E-state index contributed by atoms with van der Waals surface area (Å²) in [5, 5.41) is 3.11. The highest BCUT2D eigenvalue weighted by molar-refractivity contribution is 5.83. The lowest BCUT2D eigenvalue weighted by Crippen LogP contribution is -2.57. The molecule has 0 saturated carbocycles. The maximum Gasteiger partial charge on any atom is 0.410 e. The number of benzene rings is 2. The van der Waals surface area contributed by atoms with E-state index in [1.165, 1.54) is 0 Å². The van der Waals surface area contributed by atoms with Crippen LogP contribution < -0.4 is 5.32 Å². The minimum Gasteiger partial charge on any atom is -0.444 e. The normalized spacial score (nSPS) is 16.5. The molecule has 0 radical (unpaired) electrons. The molecule has 1 N–H and O–H groups in total. The van der Waals surface area contributed by atoms with Crippen LogP contribution in [0.4, 0.5) is 4.79 Å². The number of amides is 2. The Morgan fingerprint density at radius 2 is 1.58 bits per heavy atom. The van der Waals surface area contributed by atoms with Crippen molar-refractivity contribution in [2.45, 2.75) is 44.9 Å². The molecule has 6 nitrogen and oxygen atoms in total. The van der Waals surface area contributed by atoms with Crippen LogP contribution in [0.15, 0.2) is 73.3 Å². The van der Waals surface area contributed by atoms with Crippen LogP contribution in [-0.2, 0) is 16.1 Å². The molecule has 0 bridgehead atoms. The van der Waals surface area contributed by atoms with Crippen LogP contribution in [0.3, 0.4) is 0 Å². The van der Waals surface area contributed by atoms with Crippen LogP contribution in [0.2, 0.25) is 0 Å². The van der Waals surface area contributed by atoms with E-state index in [4.69, 9.17) is 4.74 Å². The molecule has 0 aromatic heterocycles. The predicted octanol–water partition coefficient (Wildman–Crippen LogP) is 4.19. The smallest absolute Gasteiger partial charge is 0.410 e. The van der Waals surface area contributed by atoms with E-state index < -0.39 is 11.6 Å². The molecule has 6 heteroatoms. The summed E-state index contributed by atoms with van der Waals surface area (Å²) in [5.41, 5.74) is 1.56. The highest BCUT2D eigenvalue weighted by Crippen LogP contribution is 2.26. The first-order valence-electron chi connectivity index (χ1n) is 11.5. The van der Waals surface area contributed by atoms with Gasteiger partial charge in [0.15, 0.2) is 0 Å². The highest BCUT2D eigenvalue weighted by atomic mass is 16.6. The van der Waals surface area contributed by atoms with Crippen molar-refractivity contribution in [3.63, 3.8) is 0 Å². The summed E-state index contributed by atoms with van der Waals surface area (Å²) in [7, 11) is 0. The average Bonchev–Trinajstić information content (AvgIpc) is 2.81. The summed E-state index contributed by atoms with van der Waals surface area (Å²) in [5.74, 6) is -0.214. The number of hydrogen-bond donors (Lipinski definition) is 1. The summed E-state index contributed by atoms with van der Waals surface area (Å²) in [6.45, 7) is 12.3. The van der Waals surface area contributed by atoms with Crippen LogP contribution in [0.1, 0.15) is 37.8 Å². The van der Waals surface area contributed by atoms with Gasteiger partial charge in [0.05, 0.1) is 6.04 Å². The Morgan fingerprint density at radius 1 is 1.00 bits per heavy atom. The zero-order valence-corrected chi connectivity index (χ0v) is 19.9. The van der Waals surface area contributed by atoms with Gasteiger partial charge in [-0.3, -0.25) is 9.69 Å². The SMILES string of the molecule is C=C[C@H](c1ccccc1)[C@@H](C(=O)NCc1ccccc1)N1CCN(C(=O)OC(C)(C)C)CC1. The summed E-state index contributed by atoms with van der Waals surface area (Å²) >= 11 is 0. The molecule has 0 spiro atoms. The molecule has 1 fully saturated rings. The Morgan fingerprint density at radius 3 is 2.12 bits per heavy atom. The van der Waals surface area contributed by atoms with Gasteiger partial charge in [0.25, 0.3) is 0 Å². The quantitative estimate of drug-likeness (QED) is 0.644. The van der Waals surface area contributed by atoms with Crippen LogP contribution in [0.25, 0.3) is 0 Å². The fourth-order valence-electron chi connectivity index (χ4n) is 4.08. The van der Waals surface area contributed by atoms with Crippen LogP contribution in [-0.4, -0.2) is 59.6 Å². The van der Waals surface area contributed by atoms with Crippen molar-refractivity contribution in [1.82, 2.24) is 15.1 Å². The molecule has 0 unspecified atom stereocenters. The van der Waals surface area contributed by atoms with Gasteiger partial charge in [-0.25, -0.2) is 4.79 Å². The molecule has 33 heavy (non-hydrogen) atoms. The molecular formula is C27H35N3O3. The van der Waals surface area contributed by atoms with Crippen molar-refractivity contribution in [3.8, 4) is 0 Å². The summed E-state index contributed by atoms with van der Waals surface area (Å²) in [6, 6.07) is 19.4. The predicted molar refractivity (Wildman–Crippen MR) is 131 cm³/mol. The van der Waals surface area contributed by atoms with Gasteiger partial charge >= 0.3 is 6.09 Å². The highest BCUT2D eigenvalue weighted by Gasteiger charge is 2.36. The lowest BCUT2D eigenvalue weighted by Gasteiger charge is -2.41. The Balaban J connectivity index is 1.75. The largest absolute Gasteiger partial charge is 0.444 e. The average molecular weight is 450 g/mol. The van der Waals surface area contributed by atoms with Gasteiger partial charge in [-0.2, -0.15) is 0 Å². The van der Waals surface area contributed by atoms with Crippen LogP contribution >= 0.6 is 0 Å². The molecule has 2 aromatic carbocycles. The second-order valence-corrected chi connectivity index (χ2v) is 9.32. The first-order chi connectivity index (χ1) is 15.8. The van der Waals surface area contributed by atoms with E-state index in [1.807, 2.05) is 87.5 Å². The fraction of sp³-hybridized carbons (Fsp3) is 0.407. The van der Waals surface area contributed by atoms with Crippen LogP contribution in [0, 0.1) is 0 Å². The van der Waals surface area contributed by atoms with Gasteiger partial charge in [0.2, 0.25) is 5.91 Å². The summed E-state index contributed by atoms with van der Waals surface area (Å²) in [6.07, 6.45) is 1.54. The van der Waals surface area contributed by atoms with Crippen molar-refractivity contribution < 1.29 is 14.3 Å². The van der Waals surface area contributed by atoms with Gasteiger partial charge < -0.3 is 15.0 Å². The molecule has 2 amide bonds. The molecular weight excluding hydrogens is 414 g/mol. The minimum atomic E-state index is -0.532. The Hall–Kier alpha value is -3.12. The number of carbonyl (C=O) groups excluding carboxylic acids is 2. The second kappa shape index (κ2) is 11.1. The molecule has 1 saturated heterocycles. The van der Waals surface area contributed by atoms with Crippen molar-refractivity contribution in [2.24, 2.45) is 0 Å². The molecule has 2 aromatic rings.